The lowest BCUT2D eigenvalue weighted by atomic mass is 10.1. The van der Waals surface area contributed by atoms with Crippen LogP contribution in [0.3, 0.4) is 0 Å². The number of ether oxygens (including phenoxy) is 2. The molecule has 1 aromatic carbocycles. The molecule has 1 saturated heterocycles. The van der Waals surface area contributed by atoms with Gasteiger partial charge in [0.1, 0.15) is 12.4 Å². The molecule has 1 aliphatic heterocycles. The number of benzene rings is 1. The molecule has 4 nitrogen and oxygen atoms in total. The molecule has 0 unspecified atom stereocenters. The van der Waals surface area contributed by atoms with Crippen LogP contribution in [0.2, 0.25) is 0 Å². The summed E-state index contributed by atoms with van der Waals surface area (Å²) in [6.07, 6.45) is 1.44. The van der Waals surface area contributed by atoms with Crippen molar-refractivity contribution < 1.29 is 14.3 Å². The van der Waals surface area contributed by atoms with E-state index in [0.29, 0.717) is 24.3 Å². The highest BCUT2D eigenvalue weighted by molar-refractivity contribution is 5.98. The Morgan fingerprint density at radius 2 is 2.05 bits per heavy atom. The number of carbonyl (C=O) groups is 1. The van der Waals surface area contributed by atoms with Crippen LogP contribution in [0.25, 0.3) is 0 Å². The minimum Gasteiger partial charge on any atom is -0.491 e. The number of hydrogen-bond acceptors (Lipinski definition) is 4. The fourth-order valence-electron chi connectivity index (χ4n) is 2.29. The van der Waals surface area contributed by atoms with Gasteiger partial charge in [-0.25, -0.2) is 0 Å². The minimum absolute atomic E-state index is 0.162. The molecule has 1 heterocycles. The zero-order chi connectivity index (χ0) is 14.2. The number of morpholine rings is 1. The van der Waals surface area contributed by atoms with Gasteiger partial charge in [0.15, 0.2) is 5.78 Å². The van der Waals surface area contributed by atoms with Crippen LogP contribution in [-0.2, 0) is 4.74 Å². The number of carbonyl (C=O) groups excluding carboxylic acids is 1. The van der Waals surface area contributed by atoms with Crippen LogP contribution in [0.15, 0.2) is 24.3 Å². The maximum Gasteiger partial charge on any atom is 0.166 e. The summed E-state index contributed by atoms with van der Waals surface area (Å²) in [6, 6.07) is 7.52. The van der Waals surface area contributed by atoms with Crippen molar-refractivity contribution in [2.45, 2.75) is 19.8 Å². The molecule has 1 aromatic rings. The fourth-order valence-corrected chi connectivity index (χ4v) is 2.29. The van der Waals surface area contributed by atoms with E-state index in [9.17, 15) is 4.79 Å². The largest absolute Gasteiger partial charge is 0.491 e. The normalized spacial score (nSPS) is 16.1. The Balaban J connectivity index is 1.86. The first-order chi connectivity index (χ1) is 9.81. The Morgan fingerprint density at radius 3 is 2.80 bits per heavy atom. The van der Waals surface area contributed by atoms with E-state index in [1.165, 1.54) is 0 Å². The van der Waals surface area contributed by atoms with Crippen LogP contribution in [-0.4, -0.2) is 50.1 Å². The molecule has 0 aliphatic carbocycles. The molecule has 110 valence electrons. The number of para-hydroxylation sites is 1. The smallest absolute Gasteiger partial charge is 0.166 e. The van der Waals surface area contributed by atoms with Crippen molar-refractivity contribution in [1.82, 2.24) is 4.90 Å². The Labute approximate surface area is 120 Å². The molecular weight excluding hydrogens is 254 g/mol. The summed E-state index contributed by atoms with van der Waals surface area (Å²) >= 11 is 0. The monoisotopic (exact) mass is 277 g/mol. The molecule has 0 spiro atoms. The van der Waals surface area contributed by atoms with Crippen LogP contribution >= 0.6 is 0 Å². The average Bonchev–Trinajstić information content (AvgIpc) is 2.49. The van der Waals surface area contributed by atoms with Crippen molar-refractivity contribution >= 4 is 5.78 Å². The summed E-state index contributed by atoms with van der Waals surface area (Å²) in [5.41, 5.74) is 0.705. The zero-order valence-corrected chi connectivity index (χ0v) is 12.1. The van der Waals surface area contributed by atoms with Crippen LogP contribution in [0, 0.1) is 0 Å². The molecule has 1 fully saturated rings. The zero-order valence-electron chi connectivity index (χ0n) is 12.1. The van der Waals surface area contributed by atoms with E-state index < -0.39 is 0 Å². The van der Waals surface area contributed by atoms with Gasteiger partial charge in [-0.05, 0) is 18.6 Å². The second kappa shape index (κ2) is 8.02. The van der Waals surface area contributed by atoms with Crippen molar-refractivity contribution in [3.05, 3.63) is 29.8 Å². The van der Waals surface area contributed by atoms with Gasteiger partial charge in [-0.2, -0.15) is 0 Å². The van der Waals surface area contributed by atoms with Crippen LogP contribution in [0.1, 0.15) is 30.1 Å². The van der Waals surface area contributed by atoms with Crippen molar-refractivity contribution in [2.75, 3.05) is 39.5 Å². The number of rotatable bonds is 7. The number of ketones is 1. The molecular formula is C16H23NO3. The van der Waals surface area contributed by atoms with E-state index in [0.717, 1.165) is 39.3 Å². The van der Waals surface area contributed by atoms with Crippen molar-refractivity contribution in [3.8, 4) is 5.75 Å². The minimum atomic E-state index is 0.162. The van der Waals surface area contributed by atoms with Crippen LogP contribution in [0.5, 0.6) is 5.75 Å². The summed E-state index contributed by atoms with van der Waals surface area (Å²) in [6.45, 7) is 7.01. The van der Waals surface area contributed by atoms with Gasteiger partial charge >= 0.3 is 0 Å². The van der Waals surface area contributed by atoms with Gasteiger partial charge in [0, 0.05) is 26.1 Å². The molecule has 0 atom stereocenters. The molecule has 0 aromatic heterocycles. The highest BCUT2D eigenvalue weighted by Crippen LogP contribution is 2.20. The van der Waals surface area contributed by atoms with Gasteiger partial charge in [-0.3, -0.25) is 9.69 Å². The van der Waals surface area contributed by atoms with Crippen LogP contribution < -0.4 is 4.74 Å². The molecule has 0 bridgehead atoms. The molecule has 0 saturated carbocycles. The molecule has 0 N–H and O–H groups in total. The maximum atomic E-state index is 12.0. The fraction of sp³-hybridized carbons (Fsp3) is 0.562. The van der Waals surface area contributed by atoms with Gasteiger partial charge in [0.2, 0.25) is 0 Å². The van der Waals surface area contributed by atoms with E-state index in [1.807, 2.05) is 31.2 Å². The molecule has 4 heteroatoms. The van der Waals surface area contributed by atoms with Gasteiger partial charge in [-0.1, -0.05) is 19.1 Å². The highest BCUT2D eigenvalue weighted by atomic mass is 16.5. The summed E-state index contributed by atoms with van der Waals surface area (Å²) in [5, 5.41) is 0. The lowest BCUT2D eigenvalue weighted by Gasteiger charge is -2.26. The molecule has 2 rings (SSSR count). The quantitative estimate of drug-likeness (QED) is 0.717. The highest BCUT2D eigenvalue weighted by Gasteiger charge is 2.13. The Hall–Kier alpha value is -1.39. The first-order valence-electron chi connectivity index (χ1n) is 7.36. The Kier molecular flexibility index (Phi) is 6.02. The summed E-state index contributed by atoms with van der Waals surface area (Å²) < 4.78 is 11.1. The Morgan fingerprint density at radius 1 is 1.30 bits per heavy atom. The Bertz CT molecular complexity index is 427. The van der Waals surface area contributed by atoms with E-state index in [2.05, 4.69) is 4.90 Å². The van der Waals surface area contributed by atoms with E-state index in [4.69, 9.17) is 9.47 Å². The van der Waals surface area contributed by atoms with Crippen LogP contribution in [0.4, 0.5) is 0 Å². The summed E-state index contributed by atoms with van der Waals surface area (Å²) in [5.74, 6) is 0.869. The molecule has 0 radical (unpaired) electrons. The lowest BCUT2D eigenvalue weighted by Crippen LogP contribution is -2.38. The van der Waals surface area contributed by atoms with Gasteiger partial charge in [-0.15, -0.1) is 0 Å². The second-order valence-corrected chi connectivity index (χ2v) is 4.97. The summed E-state index contributed by atoms with van der Waals surface area (Å²) in [4.78, 5) is 14.3. The van der Waals surface area contributed by atoms with Crippen molar-refractivity contribution in [3.63, 3.8) is 0 Å². The third kappa shape index (κ3) is 4.32. The SMILES string of the molecule is CCCC(=O)c1ccccc1OCCN1CCOCC1. The first kappa shape index (κ1) is 15.0. The van der Waals surface area contributed by atoms with Crippen molar-refractivity contribution in [2.24, 2.45) is 0 Å². The molecule has 1 aliphatic rings. The van der Waals surface area contributed by atoms with Gasteiger partial charge in [0.25, 0.3) is 0 Å². The van der Waals surface area contributed by atoms with E-state index >= 15 is 0 Å². The third-order valence-corrected chi connectivity index (χ3v) is 3.43. The maximum absolute atomic E-state index is 12.0. The average molecular weight is 277 g/mol. The number of hydrogen-bond donors (Lipinski definition) is 0. The standard InChI is InChI=1S/C16H23NO3/c1-2-5-15(18)14-6-3-4-7-16(14)20-13-10-17-8-11-19-12-9-17/h3-4,6-7H,2,5,8-13H2,1H3. The number of nitrogens with zero attached hydrogens (tertiary/aromatic N) is 1. The second-order valence-electron chi connectivity index (χ2n) is 4.97. The first-order valence-corrected chi connectivity index (χ1v) is 7.36. The number of Topliss-reactive ketones (excluding diaryl/α,β-unsaturated/α-hetero) is 1. The van der Waals surface area contributed by atoms with Gasteiger partial charge in [0.05, 0.1) is 18.8 Å². The van der Waals surface area contributed by atoms with E-state index in [-0.39, 0.29) is 5.78 Å². The topological polar surface area (TPSA) is 38.8 Å². The molecule has 20 heavy (non-hydrogen) atoms. The predicted molar refractivity (Wildman–Crippen MR) is 78.4 cm³/mol. The van der Waals surface area contributed by atoms with E-state index in [1.54, 1.807) is 0 Å². The van der Waals surface area contributed by atoms with Crippen molar-refractivity contribution in [1.29, 1.82) is 0 Å². The molecule has 0 amide bonds. The predicted octanol–water partition coefficient (Wildman–Crippen LogP) is 2.38. The van der Waals surface area contributed by atoms with Gasteiger partial charge < -0.3 is 9.47 Å². The lowest BCUT2D eigenvalue weighted by molar-refractivity contribution is 0.0322. The summed E-state index contributed by atoms with van der Waals surface area (Å²) in [7, 11) is 0. The third-order valence-electron chi connectivity index (χ3n) is 3.43.